The maximum Gasteiger partial charge on any atom is 0.355 e. The number of amides is 3. The lowest BCUT2D eigenvalue weighted by atomic mass is 9.70. The Labute approximate surface area is 236 Å². The Morgan fingerprint density at radius 3 is 2.43 bits per heavy atom. The first-order valence-corrected chi connectivity index (χ1v) is 13.2. The molecule has 5 heterocycles. The standard InChI is InChI=1S/C25H30N4O6S.HI/c1-34-18-4-2-16(3-5-18)13-35-23(32)20-17(14-36-22-19(27-15-30)21(31)28(20)22)12-29-9-6-25(7-10-29,8-11-29)24(26)33;/h2-5,15,19,22H,6-14H2,1H3,(H2-,26,27,30,33);1H/t19-,22-,25?,29?;/m1./s1. The number of nitrogens with zero attached hydrogens (tertiary/aromatic N) is 2. The summed E-state index contributed by atoms with van der Waals surface area (Å²) in [4.78, 5) is 50.9. The van der Waals surface area contributed by atoms with Gasteiger partial charge in [-0.2, -0.15) is 0 Å². The molecule has 37 heavy (non-hydrogen) atoms. The molecule has 5 aliphatic rings. The monoisotopic (exact) mass is 642 g/mol. The zero-order valence-electron chi connectivity index (χ0n) is 20.6. The van der Waals surface area contributed by atoms with Crippen LogP contribution in [0, 0.1) is 5.41 Å². The maximum absolute atomic E-state index is 13.4. The van der Waals surface area contributed by atoms with Crippen LogP contribution >= 0.6 is 11.8 Å². The Bertz CT molecular complexity index is 1100. The van der Waals surface area contributed by atoms with E-state index in [1.54, 1.807) is 31.0 Å². The van der Waals surface area contributed by atoms with Gasteiger partial charge in [0.1, 0.15) is 36.0 Å². The number of esters is 1. The smallest absolute Gasteiger partial charge is 0.355 e. The number of rotatable bonds is 9. The van der Waals surface area contributed by atoms with Crippen LogP contribution in [0.1, 0.15) is 24.8 Å². The number of hydrogen-bond acceptors (Lipinski definition) is 7. The normalized spacial score (nSPS) is 30.0. The summed E-state index contributed by atoms with van der Waals surface area (Å²) in [6.07, 6.45) is 2.76. The van der Waals surface area contributed by atoms with Gasteiger partial charge in [0.15, 0.2) is 0 Å². The fourth-order valence-electron chi connectivity index (χ4n) is 5.90. The molecule has 0 spiro atoms. The Morgan fingerprint density at radius 1 is 1.22 bits per heavy atom. The molecule has 0 aromatic heterocycles. The van der Waals surface area contributed by atoms with Crippen LogP contribution in [0.25, 0.3) is 0 Å². The number of nitrogens with two attached hydrogens (primary N) is 1. The Balaban J connectivity index is 0.00000320. The Hall–Kier alpha value is -2.32. The molecule has 4 fully saturated rings. The van der Waals surface area contributed by atoms with Crippen molar-refractivity contribution in [3.63, 3.8) is 0 Å². The van der Waals surface area contributed by atoms with Crippen LogP contribution < -0.4 is 39.8 Å². The van der Waals surface area contributed by atoms with Crippen LogP contribution in [0.15, 0.2) is 35.5 Å². The van der Waals surface area contributed by atoms with Crippen molar-refractivity contribution in [1.29, 1.82) is 0 Å². The van der Waals surface area contributed by atoms with E-state index in [4.69, 9.17) is 15.2 Å². The van der Waals surface area contributed by atoms with E-state index in [1.165, 1.54) is 4.90 Å². The highest BCUT2D eigenvalue weighted by Gasteiger charge is 2.56. The van der Waals surface area contributed by atoms with Crippen LogP contribution in [0.2, 0.25) is 0 Å². The number of fused-ring (bicyclic) bond motifs is 4. The molecule has 2 atom stereocenters. The fraction of sp³-hybridized carbons (Fsp3) is 0.520. The van der Waals surface area contributed by atoms with E-state index in [1.807, 2.05) is 12.1 Å². The van der Waals surface area contributed by atoms with Crippen LogP contribution in [0.4, 0.5) is 0 Å². The predicted octanol–water partition coefficient (Wildman–Crippen LogP) is -2.49. The molecular formula is C25H31IN4O6S. The number of nitrogens with one attached hydrogen (secondary N) is 1. The second-order valence-electron chi connectivity index (χ2n) is 10.1. The number of primary amides is 1. The first-order valence-electron chi connectivity index (χ1n) is 12.1. The van der Waals surface area contributed by atoms with Crippen LogP contribution in [0.3, 0.4) is 0 Å². The minimum absolute atomic E-state index is 0. The maximum atomic E-state index is 13.4. The summed E-state index contributed by atoms with van der Waals surface area (Å²) in [5, 5.41) is 2.24. The van der Waals surface area contributed by atoms with Crippen molar-refractivity contribution in [2.45, 2.75) is 37.3 Å². The van der Waals surface area contributed by atoms with Gasteiger partial charge in [-0.15, -0.1) is 11.8 Å². The zero-order chi connectivity index (χ0) is 25.5. The minimum Gasteiger partial charge on any atom is -1.00 e. The molecule has 0 radical (unpaired) electrons. The minimum atomic E-state index is -0.647. The molecule has 0 aliphatic carbocycles. The van der Waals surface area contributed by atoms with Gasteiger partial charge in [0.05, 0.1) is 32.2 Å². The van der Waals surface area contributed by atoms with Gasteiger partial charge in [0, 0.05) is 30.6 Å². The van der Waals surface area contributed by atoms with Crippen molar-refractivity contribution in [2.24, 2.45) is 11.1 Å². The zero-order valence-corrected chi connectivity index (χ0v) is 23.6. The van der Waals surface area contributed by atoms with Gasteiger partial charge in [0.25, 0.3) is 5.91 Å². The van der Waals surface area contributed by atoms with E-state index < -0.39 is 17.4 Å². The fourth-order valence-corrected chi connectivity index (χ4v) is 7.25. The Morgan fingerprint density at radius 2 is 1.86 bits per heavy atom. The number of ether oxygens (including phenoxy) is 2. The lowest BCUT2D eigenvalue weighted by molar-refractivity contribution is -0.940. The average molecular weight is 643 g/mol. The van der Waals surface area contributed by atoms with Crippen LogP contribution in [-0.4, -0.2) is 84.0 Å². The molecule has 12 heteroatoms. The van der Waals surface area contributed by atoms with Gasteiger partial charge < -0.3 is 49.0 Å². The van der Waals surface area contributed by atoms with E-state index in [0.29, 0.717) is 30.2 Å². The van der Waals surface area contributed by atoms with Crippen molar-refractivity contribution in [2.75, 3.05) is 39.0 Å². The molecule has 2 bridgehead atoms. The summed E-state index contributed by atoms with van der Waals surface area (Å²) in [5.74, 6) is 0.220. The van der Waals surface area contributed by atoms with E-state index in [0.717, 1.165) is 54.5 Å². The molecule has 4 saturated heterocycles. The van der Waals surface area contributed by atoms with Gasteiger partial charge in [-0.25, -0.2) is 4.79 Å². The third kappa shape index (κ3) is 4.94. The third-order valence-electron chi connectivity index (χ3n) is 8.26. The molecule has 200 valence electrons. The number of thioether (sulfide) groups is 1. The summed E-state index contributed by atoms with van der Waals surface area (Å²) in [7, 11) is 1.59. The summed E-state index contributed by atoms with van der Waals surface area (Å²) in [6, 6.07) is 6.59. The molecule has 5 aliphatic heterocycles. The number of halogens is 1. The van der Waals surface area contributed by atoms with Crippen molar-refractivity contribution in [1.82, 2.24) is 10.2 Å². The number of methoxy groups -OCH3 is 1. The molecule has 0 unspecified atom stereocenters. The SMILES string of the molecule is COc1ccc(COC(=O)C2=C(C[N+]34CCC(C(N)=O)(CC3)CC4)CS[C@@H]3[C@H](NC=O)C(=O)N23)cc1.[I-]. The van der Waals surface area contributed by atoms with Crippen LogP contribution in [0.5, 0.6) is 5.75 Å². The number of carbonyl (C=O) groups is 4. The van der Waals surface area contributed by atoms with Crippen molar-refractivity contribution in [3.05, 3.63) is 41.1 Å². The summed E-state index contributed by atoms with van der Waals surface area (Å²) < 4.78 is 11.6. The first-order chi connectivity index (χ1) is 17.3. The predicted molar refractivity (Wildman–Crippen MR) is 131 cm³/mol. The second-order valence-corrected chi connectivity index (χ2v) is 11.2. The Kier molecular flexibility index (Phi) is 8.10. The van der Waals surface area contributed by atoms with Gasteiger partial charge in [-0.1, -0.05) is 12.1 Å². The highest BCUT2D eigenvalue weighted by atomic mass is 127. The first kappa shape index (κ1) is 27.7. The highest BCUT2D eigenvalue weighted by Crippen LogP contribution is 2.46. The second kappa shape index (κ2) is 10.8. The van der Waals surface area contributed by atoms with E-state index >= 15 is 0 Å². The molecule has 0 saturated carbocycles. The van der Waals surface area contributed by atoms with Crippen molar-refractivity contribution < 1.29 is 57.1 Å². The van der Waals surface area contributed by atoms with Crippen molar-refractivity contribution >= 4 is 36.0 Å². The topological polar surface area (TPSA) is 128 Å². The molecule has 10 nitrogen and oxygen atoms in total. The van der Waals surface area contributed by atoms with Gasteiger partial charge in [0.2, 0.25) is 12.3 Å². The van der Waals surface area contributed by atoms with E-state index in [9.17, 15) is 19.2 Å². The summed E-state index contributed by atoms with van der Waals surface area (Å²) in [5.41, 5.74) is 7.30. The molecule has 3 N–H and O–H groups in total. The lowest BCUT2D eigenvalue weighted by Gasteiger charge is -2.55. The summed E-state index contributed by atoms with van der Waals surface area (Å²) in [6.45, 7) is 3.14. The number of benzene rings is 1. The molecular weight excluding hydrogens is 611 g/mol. The third-order valence-corrected chi connectivity index (χ3v) is 9.60. The largest absolute Gasteiger partial charge is 1.00 e. The van der Waals surface area contributed by atoms with Crippen LogP contribution in [-0.2, 0) is 30.5 Å². The number of carbonyl (C=O) groups excluding carboxylic acids is 4. The van der Waals surface area contributed by atoms with Gasteiger partial charge >= 0.3 is 5.97 Å². The van der Waals surface area contributed by atoms with E-state index in [-0.39, 0.29) is 47.8 Å². The average Bonchev–Trinajstić information content (AvgIpc) is 2.91. The number of hydrogen-bond donors (Lipinski definition) is 2. The number of β-lactam (4-membered cyclic amide) rings is 1. The van der Waals surface area contributed by atoms with Crippen molar-refractivity contribution in [3.8, 4) is 5.75 Å². The van der Waals surface area contributed by atoms with Gasteiger partial charge in [-0.3, -0.25) is 19.3 Å². The van der Waals surface area contributed by atoms with Gasteiger partial charge in [-0.05, 0) is 17.7 Å². The van der Waals surface area contributed by atoms with E-state index in [2.05, 4.69) is 5.32 Å². The number of quaternary nitrogens is 1. The quantitative estimate of drug-likeness (QED) is 0.100. The molecule has 3 amide bonds. The number of piperidine rings is 3. The summed E-state index contributed by atoms with van der Waals surface area (Å²) >= 11 is 1.55. The highest BCUT2D eigenvalue weighted by molar-refractivity contribution is 8.00. The lowest BCUT2D eigenvalue weighted by Crippen LogP contribution is -3.00. The molecule has 6 rings (SSSR count). The molecule has 1 aromatic rings. The molecule has 1 aromatic carbocycles.